The molecular weight excluding hydrogens is 260 g/mol. The Kier molecular flexibility index (Phi) is 3.42. The first-order chi connectivity index (χ1) is 8.56. The second-order valence-corrected chi connectivity index (χ2v) is 3.72. The zero-order valence-corrected chi connectivity index (χ0v) is 9.75. The maximum absolute atomic E-state index is 12.9. The third-order valence-corrected chi connectivity index (χ3v) is 2.20. The van der Waals surface area contributed by atoms with Crippen molar-refractivity contribution in [2.24, 2.45) is 5.73 Å². The molecule has 7 heteroatoms. The summed E-state index contributed by atoms with van der Waals surface area (Å²) >= 11 is 4.71. The summed E-state index contributed by atoms with van der Waals surface area (Å²) in [5.74, 6) is -1.70. The van der Waals surface area contributed by atoms with E-state index in [9.17, 15) is 8.78 Å². The van der Waals surface area contributed by atoms with E-state index in [4.69, 9.17) is 22.7 Å². The number of hydrogen-bond acceptors (Lipinski definition) is 4. The number of nitrogens with two attached hydrogens (primary N) is 1. The van der Waals surface area contributed by atoms with Crippen molar-refractivity contribution in [3.05, 3.63) is 47.9 Å². The molecule has 0 aliphatic rings. The zero-order valence-electron chi connectivity index (χ0n) is 8.93. The minimum atomic E-state index is -1.000. The van der Waals surface area contributed by atoms with Crippen LogP contribution >= 0.6 is 12.2 Å². The zero-order chi connectivity index (χ0) is 13.1. The molecule has 4 nitrogen and oxygen atoms in total. The van der Waals surface area contributed by atoms with Crippen LogP contribution in [0, 0.1) is 11.6 Å². The van der Waals surface area contributed by atoms with E-state index in [1.165, 1.54) is 18.5 Å². The van der Waals surface area contributed by atoms with Crippen LogP contribution in [0.5, 0.6) is 11.6 Å². The fourth-order valence-electron chi connectivity index (χ4n) is 1.16. The van der Waals surface area contributed by atoms with Crippen LogP contribution in [-0.2, 0) is 0 Å². The molecule has 0 bridgehead atoms. The molecule has 0 aliphatic heterocycles. The van der Waals surface area contributed by atoms with Gasteiger partial charge in [0.25, 0.3) is 0 Å². The van der Waals surface area contributed by atoms with Crippen LogP contribution in [0.3, 0.4) is 0 Å². The fourth-order valence-corrected chi connectivity index (χ4v) is 1.26. The van der Waals surface area contributed by atoms with Gasteiger partial charge in [0.05, 0.1) is 12.4 Å². The Morgan fingerprint density at radius 3 is 2.50 bits per heavy atom. The van der Waals surface area contributed by atoms with Gasteiger partial charge in [0.2, 0.25) is 5.88 Å². The highest BCUT2D eigenvalue weighted by atomic mass is 32.1. The third kappa shape index (κ3) is 2.75. The minimum Gasteiger partial charge on any atom is -0.437 e. The predicted octanol–water partition coefficient (Wildman–Crippen LogP) is 2.18. The van der Waals surface area contributed by atoms with E-state index >= 15 is 0 Å². The summed E-state index contributed by atoms with van der Waals surface area (Å²) in [5, 5.41) is 0. The van der Waals surface area contributed by atoms with Crippen LogP contribution in [0.4, 0.5) is 8.78 Å². The highest BCUT2D eigenvalue weighted by molar-refractivity contribution is 7.80. The number of aromatic nitrogens is 2. The van der Waals surface area contributed by atoms with Crippen LogP contribution in [0.1, 0.15) is 5.69 Å². The Balaban J connectivity index is 2.18. The third-order valence-electron chi connectivity index (χ3n) is 1.99. The van der Waals surface area contributed by atoms with Gasteiger partial charge in [0, 0.05) is 6.07 Å². The molecule has 0 unspecified atom stereocenters. The average Bonchev–Trinajstić information content (AvgIpc) is 2.34. The number of hydrogen-bond donors (Lipinski definition) is 1. The summed E-state index contributed by atoms with van der Waals surface area (Å²) in [6, 6.07) is 3.15. The molecule has 0 saturated carbocycles. The van der Waals surface area contributed by atoms with Crippen LogP contribution < -0.4 is 10.5 Å². The molecule has 1 aromatic heterocycles. The van der Waals surface area contributed by atoms with Gasteiger partial charge in [-0.3, -0.25) is 0 Å². The van der Waals surface area contributed by atoms with Crippen LogP contribution in [0.25, 0.3) is 0 Å². The molecule has 2 rings (SSSR count). The summed E-state index contributed by atoms with van der Waals surface area (Å²) in [6.07, 6.45) is 2.62. The van der Waals surface area contributed by atoms with Gasteiger partial charge < -0.3 is 10.5 Å². The largest absolute Gasteiger partial charge is 0.437 e. The van der Waals surface area contributed by atoms with Crippen molar-refractivity contribution >= 4 is 17.2 Å². The topological polar surface area (TPSA) is 61.0 Å². The first-order valence-corrected chi connectivity index (χ1v) is 5.22. The molecule has 18 heavy (non-hydrogen) atoms. The number of rotatable bonds is 3. The molecule has 0 saturated heterocycles. The van der Waals surface area contributed by atoms with Gasteiger partial charge in [-0.1, -0.05) is 12.2 Å². The molecular formula is C11H7F2N3OS. The van der Waals surface area contributed by atoms with Crippen molar-refractivity contribution < 1.29 is 13.5 Å². The van der Waals surface area contributed by atoms with Gasteiger partial charge in [-0.2, -0.15) is 0 Å². The van der Waals surface area contributed by atoms with E-state index < -0.39 is 11.6 Å². The molecule has 2 N–H and O–H groups in total. The molecule has 0 amide bonds. The maximum atomic E-state index is 12.9. The Morgan fingerprint density at radius 2 is 1.94 bits per heavy atom. The molecule has 1 heterocycles. The predicted molar refractivity (Wildman–Crippen MR) is 64.4 cm³/mol. The van der Waals surface area contributed by atoms with Gasteiger partial charge in [0.15, 0.2) is 11.6 Å². The highest BCUT2D eigenvalue weighted by Gasteiger charge is 2.06. The SMILES string of the molecule is NC(=S)c1cnc(Oc2ccc(F)c(F)c2)cn1. The van der Waals surface area contributed by atoms with Crippen molar-refractivity contribution in [2.45, 2.75) is 0 Å². The second-order valence-electron chi connectivity index (χ2n) is 3.28. The molecule has 1 aromatic carbocycles. The van der Waals surface area contributed by atoms with Crippen molar-refractivity contribution in [2.75, 3.05) is 0 Å². The van der Waals surface area contributed by atoms with Crippen molar-refractivity contribution in [3.63, 3.8) is 0 Å². The Bertz CT molecular complexity index is 589. The summed E-state index contributed by atoms with van der Waals surface area (Å²) in [5.41, 5.74) is 5.70. The lowest BCUT2D eigenvalue weighted by Crippen LogP contribution is -2.11. The van der Waals surface area contributed by atoms with Crippen molar-refractivity contribution in [1.82, 2.24) is 9.97 Å². The standard InChI is InChI=1S/C11H7F2N3OS/c12-7-2-1-6(3-8(7)13)17-10-5-15-9(4-16-10)11(14)18/h1-5H,(H2,14,18). The van der Waals surface area contributed by atoms with Gasteiger partial charge in [-0.05, 0) is 12.1 Å². The van der Waals surface area contributed by atoms with Crippen LogP contribution in [-0.4, -0.2) is 15.0 Å². The molecule has 0 atom stereocenters. The number of thiocarbonyl (C=S) groups is 1. The maximum Gasteiger partial charge on any atom is 0.237 e. The summed E-state index contributed by atoms with van der Waals surface area (Å²) in [4.78, 5) is 7.88. The lowest BCUT2D eigenvalue weighted by molar-refractivity contribution is 0.445. The molecule has 0 aliphatic carbocycles. The number of benzene rings is 1. The lowest BCUT2D eigenvalue weighted by atomic mass is 10.3. The first kappa shape index (κ1) is 12.3. The smallest absolute Gasteiger partial charge is 0.237 e. The normalized spacial score (nSPS) is 10.1. The minimum absolute atomic E-state index is 0.113. The Labute approximate surface area is 106 Å². The Morgan fingerprint density at radius 1 is 1.17 bits per heavy atom. The second kappa shape index (κ2) is 5.01. The van der Waals surface area contributed by atoms with E-state index in [2.05, 4.69) is 9.97 Å². The number of ether oxygens (including phenoxy) is 1. The first-order valence-electron chi connectivity index (χ1n) is 4.81. The van der Waals surface area contributed by atoms with Crippen LogP contribution in [0.15, 0.2) is 30.6 Å². The summed E-state index contributed by atoms with van der Waals surface area (Å²) in [7, 11) is 0. The van der Waals surface area contributed by atoms with Gasteiger partial charge >= 0.3 is 0 Å². The van der Waals surface area contributed by atoms with Gasteiger partial charge in [-0.25, -0.2) is 18.7 Å². The van der Waals surface area contributed by atoms with Crippen LogP contribution in [0.2, 0.25) is 0 Å². The summed E-state index contributed by atoms with van der Waals surface area (Å²) < 4.78 is 30.8. The average molecular weight is 267 g/mol. The molecule has 0 spiro atoms. The lowest BCUT2D eigenvalue weighted by Gasteiger charge is -2.05. The summed E-state index contributed by atoms with van der Waals surface area (Å²) in [6.45, 7) is 0. The highest BCUT2D eigenvalue weighted by Crippen LogP contribution is 2.20. The van der Waals surface area contributed by atoms with E-state index in [1.54, 1.807) is 0 Å². The molecule has 92 valence electrons. The van der Waals surface area contributed by atoms with E-state index in [0.717, 1.165) is 12.1 Å². The molecule has 2 aromatic rings. The van der Waals surface area contributed by atoms with Gasteiger partial charge in [0.1, 0.15) is 16.4 Å². The van der Waals surface area contributed by atoms with E-state index in [1.807, 2.05) is 0 Å². The quantitative estimate of drug-likeness (QED) is 0.864. The Hall–Kier alpha value is -2.15. The van der Waals surface area contributed by atoms with Crippen molar-refractivity contribution in [1.29, 1.82) is 0 Å². The number of halogens is 2. The van der Waals surface area contributed by atoms with Gasteiger partial charge in [-0.15, -0.1) is 0 Å². The van der Waals surface area contributed by atoms with E-state index in [0.29, 0.717) is 5.69 Å². The van der Waals surface area contributed by atoms with E-state index in [-0.39, 0.29) is 16.6 Å². The number of nitrogens with zero attached hydrogens (tertiary/aromatic N) is 2. The molecule has 0 fully saturated rings. The van der Waals surface area contributed by atoms with Crippen molar-refractivity contribution in [3.8, 4) is 11.6 Å². The molecule has 0 radical (unpaired) electrons. The fraction of sp³-hybridized carbons (Fsp3) is 0. The monoisotopic (exact) mass is 267 g/mol.